The summed E-state index contributed by atoms with van der Waals surface area (Å²) in [5.41, 5.74) is 0. The largest absolute Gasteiger partial charge is 0.465 e. The predicted octanol–water partition coefficient (Wildman–Crippen LogP) is 6.71. The Morgan fingerprint density at radius 3 is 1.48 bits per heavy atom. The fraction of sp³-hybridized carbons (Fsp3) is 0.913. The fourth-order valence-corrected chi connectivity index (χ4v) is 4.89. The maximum Gasteiger partial charge on any atom is 0.306 e. The van der Waals surface area contributed by atoms with Crippen molar-refractivity contribution in [1.29, 1.82) is 0 Å². The third-order valence-electron chi connectivity index (χ3n) is 5.11. The van der Waals surface area contributed by atoms with Crippen molar-refractivity contribution in [2.24, 2.45) is 11.8 Å². The minimum absolute atomic E-state index is 0.0884. The Labute approximate surface area is 188 Å². The minimum Gasteiger partial charge on any atom is -0.465 e. The van der Waals surface area contributed by atoms with Crippen LogP contribution < -0.4 is 0 Å². The van der Waals surface area contributed by atoms with Crippen LogP contribution in [0.2, 0.25) is 0 Å². The summed E-state index contributed by atoms with van der Waals surface area (Å²) in [6, 6.07) is 0. The molecule has 0 bridgehead atoms. The minimum atomic E-state index is -0.0884. The molecule has 2 atom stereocenters. The van der Waals surface area contributed by atoms with Crippen molar-refractivity contribution in [3.05, 3.63) is 0 Å². The molecule has 29 heavy (non-hydrogen) atoms. The smallest absolute Gasteiger partial charge is 0.306 e. The summed E-state index contributed by atoms with van der Waals surface area (Å²) >= 11 is 3.46. The van der Waals surface area contributed by atoms with Gasteiger partial charge in [0.2, 0.25) is 0 Å². The van der Waals surface area contributed by atoms with Gasteiger partial charge in [-0.2, -0.15) is 23.5 Å². The van der Waals surface area contributed by atoms with Gasteiger partial charge in [0.1, 0.15) is 0 Å². The van der Waals surface area contributed by atoms with E-state index < -0.39 is 0 Å². The van der Waals surface area contributed by atoms with Crippen molar-refractivity contribution in [3.8, 4) is 0 Å². The first-order valence-corrected chi connectivity index (χ1v) is 13.8. The lowest BCUT2D eigenvalue weighted by atomic mass is 10.0. The van der Waals surface area contributed by atoms with E-state index in [1.165, 1.54) is 25.7 Å². The normalized spacial score (nSPS) is 13.1. The highest BCUT2D eigenvalue weighted by molar-refractivity contribution is 8.15. The van der Waals surface area contributed by atoms with E-state index in [1.807, 2.05) is 0 Å². The summed E-state index contributed by atoms with van der Waals surface area (Å²) in [6.07, 6.45) is 10.1. The highest BCUT2D eigenvalue weighted by Crippen LogP contribution is 2.17. The molecule has 0 radical (unpaired) electrons. The number of hydrogen-bond donors (Lipinski definition) is 0. The second-order valence-electron chi connectivity index (χ2n) is 7.63. The Morgan fingerprint density at radius 2 is 1.14 bits per heavy atom. The van der Waals surface area contributed by atoms with Gasteiger partial charge in [-0.3, -0.25) is 9.59 Å². The van der Waals surface area contributed by atoms with Gasteiger partial charge in [-0.05, 0) is 24.7 Å². The summed E-state index contributed by atoms with van der Waals surface area (Å²) in [4.78, 5) is 23.7. The van der Waals surface area contributed by atoms with Gasteiger partial charge in [0.05, 0.1) is 26.1 Å². The molecule has 0 amide bonds. The van der Waals surface area contributed by atoms with E-state index in [4.69, 9.17) is 9.47 Å². The van der Waals surface area contributed by atoms with Gasteiger partial charge >= 0.3 is 11.9 Å². The molecule has 172 valence electrons. The van der Waals surface area contributed by atoms with Crippen LogP contribution in [0.4, 0.5) is 0 Å². The lowest BCUT2D eigenvalue weighted by molar-refractivity contribution is -0.145. The Balaban J connectivity index is 3.59. The van der Waals surface area contributed by atoms with Crippen LogP contribution in [0.1, 0.15) is 91.9 Å². The fourth-order valence-electron chi connectivity index (χ4n) is 2.85. The second kappa shape index (κ2) is 20.9. The highest BCUT2D eigenvalue weighted by Gasteiger charge is 2.11. The topological polar surface area (TPSA) is 52.6 Å². The molecule has 0 aromatic carbocycles. The van der Waals surface area contributed by atoms with Crippen LogP contribution in [0.15, 0.2) is 0 Å². The maximum absolute atomic E-state index is 11.8. The molecule has 0 N–H and O–H groups in total. The number of unbranched alkanes of at least 4 members (excludes halogenated alkanes) is 2. The first-order chi connectivity index (χ1) is 14.1. The van der Waals surface area contributed by atoms with Crippen molar-refractivity contribution in [2.75, 3.05) is 29.8 Å². The summed E-state index contributed by atoms with van der Waals surface area (Å²) < 4.78 is 10.8. The zero-order chi connectivity index (χ0) is 21.7. The summed E-state index contributed by atoms with van der Waals surface area (Å²) in [5.74, 6) is 2.38. The van der Waals surface area contributed by atoms with Crippen LogP contribution in [0.3, 0.4) is 0 Å². The Hall–Kier alpha value is -0.360. The summed E-state index contributed by atoms with van der Waals surface area (Å²) in [6.45, 7) is 9.82. The lowest BCUT2D eigenvalue weighted by Crippen LogP contribution is -2.14. The molecule has 0 saturated heterocycles. The molecule has 0 heterocycles. The SMILES string of the molecule is CCCC[C@H](CC)COC(=O)CCSCSCCC(=O)OC[C@@H](CC)CCCC. The second-order valence-corrected chi connectivity index (χ2v) is 10.2. The van der Waals surface area contributed by atoms with E-state index in [0.29, 0.717) is 37.9 Å². The number of carbonyl (C=O) groups excluding carboxylic acids is 2. The van der Waals surface area contributed by atoms with E-state index >= 15 is 0 Å². The van der Waals surface area contributed by atoms with Crippen LogP contribution in [0.5, 0.6) is 0 Å². The van der Waals surface area contributed by atoms with Crippen molar-refractivity contribution in [1.82, 2.24) is 0 Å². The van der Waals surface area contributed by atoms with Crippen molar-refractivity contribution >= 4 is 35.5 Å². The monoisotopic (exact) mass is 448 g/mol. The Morgan fingerprint density at radius 1 is 0.724 bits per heavy atom. The predicted molar refractivity (Wildman–Crippen MR) is 128 cm³/mol. The lowest BCUT2D eigenvalue weighted by Gasteiger charge is -2.14. The number of esters is 2. The molecule has 0 fully saturated rings. The molecule has 0 spiro atoms. The first-order valence-electron chi connectivity index (χ1n) is 11.5. The van der Waals surface area contributed by atoms with E-state index in [2.05, 4.69) is 27.7 Å². The average Bonchev–Trinajstić information content (AvgIpc) is 2.73. The zero-order valence-corrected chi connectivity index (χ0v) is 20.8. The molecule has 6 heteroatoms. The molecule has 0 aliphatic rings. The van der Waals surface area contributed by atoms with Crippen LogP contribution >= 0.6 is 23.5 Å². The van der Waals surface area contributed by atoms with Gasteiger partial charge < -0.3 is 9.47 Å². The van der Waals surface area contributed by atoms with Gasteiger partial charge in [-0.1, -0.05) is 66.2 Å². The number of ether oxygens (including phenoxy) is 2. The van der Waals surface area contributed by atoms with Gasteiger partial charge in [-0.15, -0.1) is 0 Å². The molecule has 0 aromatic heterocycles. The number of rotatable bonds is 20. The Kier molecular flexibility index (Phi) is 20.6. The third-order valence-corrected chi connectivity index (χ3v) is 7.43. The molecule has 0 saturated carbocycles. The molecule has 0 unspecified atom stereocenters. The van der Waals surface area contributed by atoms with Gasteiger partial charge in [0.15, 0.2) is 0 Å². The number of carbonyl (C=O) groups is 2. The number of hydrogen-bond acceptors (Lipinski definition) is 6. The van der Waals surface area contributed by atoms with Crippen molar-refractivity contribution < 1.29 is 19.1 Å². The molecule has 4 nitrogen and oxygen atoms in total. The van der Waals surface area contributed by atoms with Crippen LogP contribution in [0.25, 0.3) is 0 Å². The van der Waals surface area contributed by atoms with E-state index in [0.717, 1.165) is 42.3 Å². The number of thioether (sulfide) groups is 2. The Bertz CT molecular complexity index is 368. The van der Waals surface area contributed by atoms with Gasteiger partial charge in [-0.25, -0.2) is 0 Å². The molecule has 0 aliphatic heterocycles. The quantitative estimate of drug-likeness (QED) is 0.117. The zero-order valence-electron chi connectivity index (χ0n) is 19.2. The van der Waals surface area contributed by atoms with Crippen LogP contribution in [-0.4, -0.2) is 41.7 Å². The van der Waals surface area contributed by atoms with Crippen LogP contribution in [0, 0.1) is 11.8 Å². The van der Waals surface area contributed by atoms with Gasteiger partial charge in [0, 0.05) is 16.6 Å². The van der Waals surface area contributed by atoms with Gasteiger partial charge in [0.25, 0.3) is 0 Å². The molecule has 0 aliphatic carbocycles. The third kappa shape index (κ3) is 18.2. The summed E-state index contributed by atoms with van der Waals surface area (Å²) in [7, 11) is 0. The molecule has 0 aromatic rings. The highest BCUT2D eigenvalue weighted by atomic mass is 32.2. The van der Waals surface area contributed by atoms with Crippen molar-refractivity contribution in [2.45, 2.75) is 91.9 Å². The molecule has 0 rings (SSSR count). The van der Waals surface area contributed by atoms with E-state index in [1.54, 1.807) is 23.5 Å². The molecular formula is C23H44O4S2. The van der Waals surface area contributed by atoms with Crippen molar-refractivity contribution in [3.63, 3.8) is 0 Å². The standard InChI is InChI=1S/C23H44O4S2/c1-5-9-11-20(7-3)17-26-22(24)13-15-28-19-29-16-14-23(25)27-18-21(8-4)12-10-6-2/h20-21H,5-19H2,1-4H3/t20-,21-/m0/s1. The summed E-state index contributed by atoms with van der Waals surface area (Å²) in [5, 5.41) is 0.892. The van der Waals surface area contributed by atoms with Crippen LogP contribution in [-0.2, 0) is 19.1 Å². The first kappa shape index (κ1) is 28.6. The van der Waals surface area contributed by atoms with E-state index in [-0.39, 0.29) is 11.9 Å². The molecular weight excluding hydrogens is 404 g/mol. The maximum atomic E-state index is 11.8. The van der Waals surface area contributed by atoms with E-state index in [9.17, 15) is 9.59 Å². The average molecular weight is 449 g/mol.